The Kier molecular flexibility index (Phi) is 1.67. The summed E-state index contributed by atoms with van der Waals surface area (Å²) in [6.45, 7) is 3.81. The lowest BCUT2D eigenvalue weighted by Gasteiger charge is -1.96. The Morgan fingerprint density at radius 2 is 1.75 bits per heavy atom. The quantitative estimate of drug-likeness (QED) is 0.581. The Morgan fingerprint density at radius 1 is 1.00 bits per heavy atom. The fourth-order valence-corrected chi connectivity index (χ4v) is 1.23. The monoisotopic (exact) mass is 153 g/mol. The molecule has 0 bridgehead atoms. The second kappa shape index (κ2) is 2.82. The highest BCUT2D eigenvalue weighted by Crippen LogP contribution is 2.22. The lowest BCUT2D eigenvalue weighted by Crippen LogP contribution is -1.76. The Balaban J connectivity index is 2.40. The van der Waals surface area contributed by atoms with Crippen molar-refractivity contribution < 1.29 is 0 Å². The molecule has 1 aromatic rings. The van der Waals surface area contributed by atoms with E-state index in [-0.39, 0.29) is 0 Å². The van der Waals surface area contributed by atoms with Gasteiger partial charge in [-0.1, -0.05) is 49.1 Å². The maximum Gasteiger partial charge on any atom is -0.00267 e. The molecule has 0 unspecified atom stereocenters. The van der Waals surface area contributed by atoms with Gasteiger partial charge in [-0.3, -0.25) is 0 Å². The zero-order chi connectivity index (χ0) is 8.39. The molecular formula is C12H9. The molecule has 2 rings (SSSR count). The summed E-state index contributed by atoms with van der Waals surface area (Å²) in [5.41, 5.74) is 3.28. The third kappa shape index (κ3) is 1.24. The molecule has 0 saturated carbocycles. The molecule has 0 nitrogen and oxygen atoms in total. The van der Waals surface area contributed by atoms with Gasteiger partial charge in [0.25, 0.3) is 0 Å². The average Bonchev–Trinajstić information content (AvgIpc) is 2.54. The van der Waals surface area contributed by atoms with Crippen molar-refractivity contribution in [1.29, 1.82) is 0 Å². The van der Waals surface area contributed by atoms with Crippen LogP contribution < -0.4 is 0 Å². The Labute approximate surface area is 72.5 Å². The van der Waals surface area contributed by atoms with Gasteiger partial charge in [0.2, 0.25) is 0 Å². The van der Waals surface area contributed by atoms with Crippen molar-refractivity contribution in [3.63, 3.8) is 0 Å². The topological polar surface area (TPSA) is 0 Å². The highest BCUT2D eigenvalue weighted by atomic mass is 14.1. The Morgan fingerprint density at radius 3 is 2.33 bits per heavy atom. The van der Waals surface area contributed by atoms with Crippen LogP contribution >= 0.6 is 0 Å². The third-order valence-electron chi connectivity index (χ3n) is 1.83. The Bertz CT molecular complexity index is 353. The van der Waals surface area contributed by atoms with Crippen LogP contribution in [0.2, 0.25) is 0 Å². The highest BCUT2D eigenvalue weighted by molar-refractivity contribution is 5.78. The van der Waals surface area contributed by atoms with Crippen LogP contribution in [0, 0.1) is 6.08 Å². The largest absolute Gasteiger partial charge is 0.0911 e. The standard InChI is InChI=1S/C12H9/c1-10-7-8-12(9-10)11-5-3-2-4-6-11/h2-8H,1H2. The van der Waals surface area contributed by atoms with Gasteiger partial charge < -0.3 is 0 Å². The third-order valence-corrected chi connectivity index (χ3v) is 1.83. The molecule has 12 heavy (non-hydrogen) atoms. The van der Waals surface area contributed by atoms with Crippen LogP contribution in [0.3, 0.4) is 0 Å². The average molecular weight is 153 g/mol. The molecule has 1 aromatic carbocycles. The van der Waals surface area contributed by atoms with Crippen LogP contribution in [0.15, 0.2) is 54.6 Å². The van der Waals surface area contributed by atoms with E-state index in [0.29, 0.717) is 0 Å². The lowest BCUT2D eigenvalue weighted by atomic mass is 10.1. The van der Waals surface area contributed by atoms with Gasteiger partial charge in [-0.25, -0.2) is 0 Å². The predicted molar refractivity (Wildman–Crippen MR) is 51.4 cm³/mol. The van der Waals surface area contributed by atoms with E-state index >= 15 is 0 Å². The minimum Gasteiger partial charge on any atom is -0.0911 e. The van der Waals surface area contributed by atoms with Gasteiger partial charge in [0.15, 0.2) is 0 Å². The summed E-state index contributed by atoms with van der Waals surface area (Å²) < 4.78 is 0. The molecule has 57 valence electrons. The van der Waals surface area contributed by atoms with Crippen molar-refractivity contribution in [3.8, 4) is 0 Å². The minimum atomic E-state index is 0.953. The second-order valence-corrected chi connectivity index (χ2v) is 2.76. The molecule has 0 saturated heterocycles. The van der Waals surface area contributed by atoms with Gasteiger partial charge in [-0.15, -0.1) is 0 Å². The maximum atomic E-state index is 3.81. The molecule has 0 aliphatic heterocycles. The lowest BCUT2D eigenvalue weighted by molar-refractivity contribution is 1.62. The van der Waals surface area contributed by atoms with E-state index in [0.717, 1.165) is 11.1 Å². The zero-order valence-electron chi connectivity index (χ0n) is 6.75. The van der Waals surface area contributed by atoms with Crippen LogP contribution in [0.25, 0.3) is 5.57 Å². The first-order valence-corrected chi connectivity index (χ1v) is 3.92. The molecule has 0 heteroatoms. The van der Waals surface area contributed by atoms with Gasteiger partial charge in [0.1, 0.15) is 0 Å². The Hall–Kier alpha value is -1.56. The molecule has 0 N–H and O–H groups in total. The first kappa shape index (κ1) is 7.11. The van der Waals surface area contributed by atoms with E-state index in [2.05, 4.69) is 24.8 Å². The SMILES string of the molecule is C=C1[C]=C(c2ccccc2)C=C1. The normalized spacial score (nSPS) is 15.0. The van der Waals surface area contributed by atoms with Crippen LogP contribution in [-0.2, 0) is 0 Å². The highest BCUT2D eigenvalue weighted by Gasteiger charge is 2.02. The van der Waals surface area contributed by atoms with E-state index < -0.39 is 0 Å². The summed E-state index contributed by atoms with van der Waals surface area (Å²) in [6.07, 6.45) is 7.20. The van der Waals surface area contributed by atoms with Gasteiger partial charge in [0.05, 0.1) is 0 Å². The van der Waals surface area contributed by atoms with Crippen molar-refractivity contribution in [1.82, 2.24) is 0 Å². The van der Waals surface area contributed by atoms with Crippen molar-refractivity contribution in [2.45, 2.75) is 0 Å². The van der Waals surface area contributed by atoms with Crippen LogP contribution in [0.1, 0.15) is 5.56 Å². The molecule has 1 radical (unpaired) electrons. The summed E-state index contributed by atoms with van der Waals surface area (Å²) in [5.74, 6) is 0. The number of hydrogen-bond donors (Lipinski definition) is 0. The van der Waals surface area contributed by atoms with Crippen LogP contribution in [0.4, 0.5) is 0 Å². The van der Waals surface area contributed by atoms with Crippen molar-refractivity contribution >= 4 is 5.57 Å². The molecule has 0 heterocycles. The van der Waals surface area contributed by atoms with E-state index in [1.807, 2.05) is 30.4 Å². The maximum absolute atomic E-state index is 3.81. The second-order valence-electron chi connectivity index (χ2n) is 2.76. The summed E-state index contributed by atoms with van der Waals surface area (Å²) in [4.78, 5) is 0. The number of hydrogen-bond acceptors (Lipinski definition) is 0. The number of allylic oxidation sites excluding steroid dienone is 5. The molecular weight excluding hydrogens is 144 g/mol. The van der Waals surface area contributed by atoms with Crippen molar-refractivity contribution in [2.75, 3.05) is 0 Å². The minimum absolute atomic E-state index is 0.953. The first-order chi connectivity index (χ1) is 5.86. The van der Waals surface area contributed by atoms with E-state index in [1.165, 1.54) is 5.56 Å². The predicted octanol–water partition coefficient (Wildman–Crippen LogP) is 3.00. The van der Waals surface area contributed by atoms with Gasteiger partial charge in [0, 0.05) is 0 Å². The summed E-state index contributed by atoms with van der Waals surface area (Å²) in [6, 6.07) is 10.2. The van der Waals surface area contributed by atoms with Crippen LogP contribution in [0.5, 0.6) is 0 Å². The number of rotatable bonds is 1. The van der Waals surface area contributed by atoms with E-state index in [1.54, 1.807) is 0 Å². The first-order valence-electron chi connectivity index (χ1n) is 3.92. The van der Waals surface area contributed by atoms with E-state index in [4.69, 9.17) is 0 Å². The molecule has 0 spiro atoms. The molecule has 0 atom stereocenters. The fraction of sp³-hybridized carbons (Fsp3) is 0. The fourth-order valence-electron chi connectivity index (χ4n) is 1.23. The van der Waals surface area contributed by atoms with Crippen molar-refractivity contribution in [3.05, 3.63) is 66.3 Å². The molecule has 1 aliphatic carbocycles. The van der Waals surface area contributed by atoms with Crippen LogP contribution in [-0.4, -0.2) is 0 Å². The van der Waals surface area contributed by atoms with Crippen molar-refractivity contribution in [2.24, 2.45) is 0 Å². The van der Waals surface area contributed by atoms with E-state index in [9.17, 15) is 0 Å². The van der Waals surface area contributed by atoms with Gasteiger partial charge >= 0.3 is 0 Å². The summed E-state index contributed by atoms with van der Waals surface area (Å²) >= 11 is 0. The zero-order valence-corrected chi connectivity index (χ0v) is 6.75. The molecule has 0 amide bonds. The summed E-state index contributed by atoms with van der Waals surface area (Å²) in [7, 11) is 0. The molecule has 0 fully saturated rings. The van der Waals surface area contributed by atoms with Gasteiger partial charge in [-0.05, 0) is 22.8 Å². The molecule has 1 aliphatic rings. The van der Waals surface area contributed by atoms with Gasteiger partial charge in [-0.2, -0.15) is 0 Å². The number of benzene rings is 1. The summed E-state index contributed by atoms with van der Waals surface area (Å²) in [5, 5.41) is 0. The smallest absolute Gasteiger partial charge is 0.00267 e. The molecule has 0 aromatic heterocycles.